The number of amides is 1. The molecule has 188 valence electrons. The number of hydrogen-bond acceptors (Lipinski definition) is 7. The largest absolute Gasteiger partial charge is 0.418 e. The maximum Gasteiger partial charge on any atom is 0.418 e. The molecule has 0 bridgehead atoms. The summed E-state index contributed by atoms with van der Waals surface area (Å²) in [5, 5.41) is 9.17. The second kappa shape index (κ2) is 8.54. The molecular formula is C26H24FN7O3. The number of aryl methyl sites for hydroxylation is 1. The Kier molecular flexibility index (Phi) is 5.28. The number of carbonyl (C=O) groups is 1. The maximum absolute atomic E-state index is 15.1. The molecular weight excluding hydrogens is 477 g/mol. The van der Waals surface area contributed by atoms with E-state index in [0.29, 0.717) is 52.2 Å². The zero-order valence-corrected chi connectivity index (χ0v) is 20.5. The fourth-order valence-corrected chi connectivity index (χ4v) is 4.84. The molecule has 0 atom stereocenters. The first-order valence-corrected chi connectivity index (χ1v) is 12.0. The molecule has 5 heterocycles. The lowest BCUT2D eigenvalue weighted by Crippen LogP contribution is -2.38. The Hall–Kier alpha value is -4.54. The van der Waals surface area contributed by atoms with Gasteiger partial charge in [0.25, 0.3) is 0 Å². The highest BCUT2D eigenvalue weighted by Gasteiger charge is 2.24. The van der Waals surface area contributed by atoms with Crippen LogP contribution < -0.4 is 11.1 Å². The minimum absolute atomic E-state index is 0.0456. The van der Waals surface area contributed by atoms with Gasteiger partial charge < -0.3 is 14.6 Å². The first-order valence-electron chi connectivity index (χ1n) is 12.0. The molecule has 1 aromatic carbocycles. The standard InChI is InChI=1S/C26H24FN7O3/c1-13(2)33-5-4-17-9-22(32-34(17)12-23(33)35)30-21-8-15-6-18(20(27)7-16(15)10-28-21)19-11-29-25-24(14(19)3)31-26(36)37-25/h6-11,13H,4-5,12H2,1-3H3,(H,31,36)(H,28,30,32). The number of nitrogens with one attached hydrogen (secondary N) is 2. The zero-order chi connectivity index (χ0) is 25.8. The number of carbonyl (C=O) groups excluding carboxylic acids is 1. The third-order valence-electron chi connectivity index (χ3n) is 6.78. The minimum Gasteiger partial charge on any atom is -0.389 e. The van der Waals surface area contributed by atoms with Gasteiger partial charge in [0, 0.05) is 59.7 Å². The molecule has 1 aliphatic rings. The van der Waals surface area contributed by atoms with Gasteiger partial charge in [-0.1, -0.05) is 0 Å². The van der Waals surface area contributed by atoms with Crippen LogP contribution in [0.4, 0.5) is 16.0 Å². The molecule has 1 aliphatic heterocycles. The summed E-state index contributed by atoms with van der Waals surface area (Å²) in [5.74, 6) is 0.135. The van der Waals surface area contributed by atoms with E-state index in [0.717, 1.165) is 11.1 Å². The first-order chi connectivity index (χ1) is 17.8. The van der Waals surface area contributed by atoms with E-state index in [4.69, 9.17) is 4.42 Å². The predicted octanol–water partition coefficient (Wildman–Crippen LogP) is 3.91. The van der Waals surface area contributed by atoms with Crippen molar-refractivity contribution in [1.82, 2.24) is 29.6 Å². The molecule has 10 nitrogen and oxygen atoms in total. The van der Waals surface area contributed by atoms with Crippen LogP contribution in [0.15, 0.2) is 45.9 Å². The summed E-state index contributed by atoms with van der Waals surface area (Å²) in [7, 11) is 0. The highest BCUT2D eigenvalue weighted by Crippen LogP contribution is 2.32. The average Bonchev–Trinajstić information content (AvgIpc) is 3.37. The van der Waals surface area contributed by atoms with Crippen LogP contribution in [0.1, 0.15) is 25.1 Å². The van der Waals surface area contributed by atoms with Gasteiger partial charge in [0.1, 0.15) is 23.7 Å². The summed E-state index contributed by atoms with van der Waals surface area (Å²) in [5.41, 5.74) is 3.15. The Morgan fingerprint density at radius 3 is 2.70 bits per heavy atom. The number of aromatic amines is 1. The summed E-state index contributed by atoms with van der Waals surface area (Å²) < 4.78 is 21.8. The zero-order valence-electron chi connectivity index (χ0n) is 20.5. The molecule has 6 rings (SSSR count). The first kappa shape index (κ1) is 22.9. The number of pyridine rings is 2. The van der Waals surface area contributed by atoms with E-state index in [-0.39, 0.29) is 24.2 Å². The Bertz CT molecular complexity index is 1750. The fraction of sp³-hybridized carbons (Fsp3) is 0.269. The van der Waals surface area contributed by atoms with Crippen LogP contribution in [0.25, 0.3) is 33.1 Å². The Morgan fingerprint density at radius 2 is 1.89 bits per heavy atom. The van der Waals surface area contributed by atoms with Crippen molar-refractivity contribution in [2.24, 2.45) is 0 Å². The van der Waals surface area contributed by atoms with E-state index in [1.807, 2.05) is 30.9 Å². The van der Waals surface area contributed by atoms with Crippen molar-refractivity contribution in [2.75, 3.05) is 11.9 Å². The quantitative estimate of drug-likeness (QED) is 0.383. The van der Waals surface area contributed by atoms with Crippen LogP contribution in [-0.4, -0.2) is 48.1 Å². The molecule has 0 saturated heterocycles. The maximum atomic E-state index is 15.1. The second-order valence-electron chi connectivity index (χ2n) is 9.47. The number of nitrogens with zero attached hydrogens (tertiary/aromatic N) is 5. The number of halogens is 1. The predicted molar refractivity (Wildman–Crippen MR) is 136 cm³/mol. The van der Waals surface area contributed by atoms with Gasteiger partial charge in [-0.2, -0.15) is 5.10 Å². The minimum atomic E-state index is -0.610. The molecule has 0 radical (unpaired) electrons. The SMILES string of the molecule is Cc1c(-c2cc3cc(Nc4cc5n(n4)CC(=O)N(C(C)C)CC5)ncc3cc2F)cnc2oc(=O)[nH]c12. The molecule has 4 aromatic heterocycles. The van der Waals surface area contributed by atoms with E-state index >= 15 is 4.39 Å². The van der Waals surface area contributed by atoms with E-state index < -0.39 is 11.6 Å². The van der Waals surface area contributed by atoms with Crippen LogP contribution in [-0.2, 0) is 17.8 Å². The molecule has 1 amide bonds. The fourth-order valence-electron chi connectivity index (χ4n) is 4.84. The van der Waals surface area contributed by atoms with Crippen LogP contribution in [0, 0.1) is 12.7 Å². The third kappa shape index (κ3) is 4.02. The van der Waals surface area contributed by atoms with E-state index in [9.17, 15) is 9.59 Å². The number of aromatic nitrogens is 5. The van der Waals surface area contributed by atoms with Crippen molar-refractivity contribution in [3.63, 3.8) is 0 Å². The molecule has 0 unspecified atom stereocenters. The number of anilines is 2. The van der Waals surface area contributed by atoms with Crippen molar-refractivity contribution in [3.8, 4) is 11.1 Å². The smallest absolute Gasteiger partial charge is 0.389 e. The van der Waals surface area contributed by atoms with Crippen LogP contribution in [0.3, 0.4) is 0 Å². The van der Waals surface area contributed by atoms with Crippen molar-refractivity contribution < 1.29 is 13.6 Å². The molecule has 0 fully saturated rings. The topological polar surface area (TPSA) is 122 Å². The number of hydrogen-bond donors (Lipinski definition) is 2. The Balaban J connectivity index is 1.32. The molecule has 5 aromatic rings. The lowest BCUT2D eigenvalue weighted by molar-refractivity contribution is -0.133. The Labute approximate surface area is 210 Å². The van der Waals surface area contributed by atoms with E-state index in [1.54, 1.807) is 23.9 Å². The van der Waals surface area contributed by atoms with Crippen molar-refractivity contribution >= 4 is 39.5 Å². The van der Waals surface area contributed by atoms with Crippen LogP contribution >= 0.6 is 0 Å². The summed E-state index contributed by atoms with van der Waals surface area (Å²) in [6.45, 7) is 6.65. The number of rotatable bonds is 4. The van der Waals surface area contributed by atoms with E-state index in [2.05, 4.69) is 25.4 Å². The van der Waals surface area contributed by atoms with Gasteiger partial charge in [0.05, 0.1) is 0 Å². The summed E-state index contributed by atoms with van der Waals surface area (Å²) in [6.07, 6.45) is 3.81. The van der Waals surface area contributed by atoms with Gasteiger partial charge in [-0.25, -0.2) is 19.2 Å². The van der Waals surface area contributed by atoms with Gasteiger partial charge in [-0.3, -0.25) is 14.5 Å². The summed E-state index contributed by atoms with van der Waals surface area (Å²) in [4.78, 5) is 37.2. The highest BCUT2D eigenvalue weighted by atomic mass is 19.1. The summed E-state index contributed by atoms with van der Waals surface area (Å²) >= 11 is 0. The molecule has 11 heteroatoms. The van der Waals surface area contributed by atoms with Crippen molar-refractivity contribution in [1.29, 1.82) is 0 Å². The molecule has 2 N–H and O–H groups in total. The Morgan fingerprint density at radius 1 is 1.05 bits per heavy atom. The van der Waals surface area contributed by atoms with Crippen molar-refractivity contribution in [2.45, 2.75) is 39.8 Å². The van der Waals surface area contributed by atoms with Gasteiger partial charge in [0.2, 0.25) is 11.6 Å². The van der Waals surface area contributed by atoms with Gasteiger partial charge in [-0.05, 0) is 49.9 Å². The number of H-pyrrole nitrogens is 1. The molecule has 0 spiro atoms. The number of benzene rings is 1. The lowest BCUT2D eigenvalue weighted by Gasteiger charge is -2.24. The lowest BCUT2D eigenvalue weighted by atomic mass is 9.99. The van der Waals surface area contributed by atoms with Crippen molar-refractivity contribution in [3.05, 3.63) is 64.3 Å². The average molecular weight is 502 g/mol. The number of oxazole rings is 1. The highest BCUT2D eigenvalue weighted by molar-refractivity contribution is 5.91. The second-order valence-corrected chi connectivity index (χ2v) is 9.47. The molecule has 0 saturated carbocycles. The van der Waals surface area contributed by atoms with Gasteiger partial charge >= 0.3 is 5.76 Å². The van der Waals surface area contributed by atoms with Gasteiger partial charge in [0.15, 0.2) is 5.82 Å². The van der Waals surface area contributed by atoms with E-state index in [1.165, 1.54) is 12.3 Å². The van der Waals surface area contributed by atoms with Crippen LogP contribution in [0.2, 0.25) is 0 Å². The van der Waals surface area contributed by atoms with Gasteiger partial charge in [-0.15, -0.1) is 0 Å². The van der Waals surface area contributed by atoms with Crippen LogP contribution in [0.5, 0.6) is 0 Å². The molecule has 0 aliphatic carbocycles. The molecule has 37 heavy (non-hydrogen) atoms. The normalized spacial score (nSPS) is 14.0. The number of fused-ring (bicyclic) bond motifs is 3. The monoisotopic (exact) mass is 501 g/mol. The summed E-state index contributed by atoms with van der Waals surface area (Å²) in [6, 6.07) is 7.04. The third-order valence-corrected chi connectivity index (χ3v) is 6.78.